The summed E-state index contributed by atoms with van der Waals surface area (Å²) in [7, 11) is 0. The summed E-state index contributed by atoms with van der Waals surface area (Å²) in [6, 6.07) is 6.75. The van der Waals surface area contributed by atoms with E-state index in [1.54, 1.807) is 5.56 Å². The summed E-state index contributed by atoms with van der Waals surface area (Å²) in [5.74, 6) is 1.46. The van der Waals surface area contributed by atoms with Gasteiger partial charge in [-0.1, -0.05) is 39.8 Å². The summed E-state index contributed by atoms with van der Waals surface area (Å²) < 4.78 is 0. The largest absolute Gasteiger partial charge is 0.385 e. The van der Waals surface area contributed by atoms with E-state index in [2.05, 4.69) is 56.1 Å². The van der Waals surface area contributed by atoms with Crippen molar-refractivity contribution in [3.05, 3.63) is 29.3 Å². The van der Waals surface area contributed by atoms with Gasteiger partial charge in [-0.25, -0.2) is 0 Å². The molecule has 0 aliphatic carbocycles. The molecule has 1 heterocycles. The summed E-state index contributed by atoms with van der Waals surface area (Å²) in [6.45, 7) is 13.9. The molecule has 1 aliphatic rings. The van der Waals surface area contributed by atoms with E-state index in [0.717, 1.165) is 24.9 Å². The van der Waals surface area contributed by atoms with Crippen LogP contribution in [-0.2, 0) is 13.0 Å². The molecule has 112 valence electrons. The van der Waals surface area contributed by atoms with Crippen molar-refractivity contribution in [3.63, 3.8) is 0 Å². The highest BCUT2D eigenvalue weighted by Crippen LogP contribution is 2.26. The number of benzene rings is 1. The van der Waals surface area contributed by atoms with E-state index in [0.29, 0.717) is 0 Å². The molecule has 1 N–H and O–H groups in total. The predicted molar refractivity (Wildman–Crippen MR) is 88.2 cm³/mol. The normalized spacial score (nSPS) is 14.8. The molecule has 0 aromatic heterocycles. The molecule has 0 bridgehead atoms. The number of rotatable bonds is 6. The maximum absolute atomic E-state index is 3.54. The Labute approximate surface area is 124 Å². The molecule has 0 atom stereocenters. The first-order valence-electron chi connectivity index (χ1n) is 8.13. The monoisotopic (exact) mass is 274 g/mol. The lowest BCUT2D eigenvalue weighted by Crippen LogP contribution is -2.31. The topological polar surface area (TPSA) is 15.3 Å². The van der Waals surface area contributed by atoms with Crippen molar-refractivity contribution in [1.29, 1.82) is 0 Å². The van der Waals surface area contributed by atoms with Gasteiger partial charge in [0.25, 0.3) is 0 Å². The van der Waals surface area contributed by atoms with Gasteiger partial charge in [0.2, 0.25) is 0 Å². The van der Waals surface area contributed by atoms with Crippen LogP contribution in [0, 0.1) is 11.8 Å². The van der Waals surface area contributed by atoms with E-state index in [-0.39, 0.29) is 0 Å². The van der Waals surface area contributed by atoms with Crippen LogP contribution >= 0.6 is 0 Å². The van der Waals surface area contributed by atoms with E-state index in [4.69, 9.17) is 0 Å². The second kappa shape index (κ2) is 7.12. The molecule has 0 unspecified atom stereocenters. The third kappa shape index (κ3) is 4.24. The molecule has 1 aliphatic heterocycles. The zero-order chi connectivity index (χ0) is 14.5. The maximum atomic E-state index is 3.54. The average molecular weight is 274 g/mol. The maximum Gasteiger partial charge on any atom is 0.0375 e. The molecule has 0 radical (unpaired) electrons. The first kappa shape index (κ1) is 15.4. The van der Waals surface area contributed by atoms with Gasteiger partial charge in [-0.15, -0.1) is 0 Å². The predicted octanol–water partition coefficient (Wildman–Crippen LogP) is 4.16. The summed E-state index contributed by atoms with van der Waals surface area (Å²) >= 11 is 0. The Morgan fingerprint density at radius 1 is 1.10 bits per heavy atom. The number of fused-ring (bicyclic) bond motifs is 1. The summed E-state index contributed by atoms with van der Waals surface area (Å²) in [6.07, 6.45) is 2.49. The zero-order valence-corrected chi connectivity index (χ0v) is 13.6. The van der Waals surface area contributed by atoms with Gasteiger partial charge < -0.3 is 5.32 Å². The number of hydrogen-bond acceptors (Lipinski definition) is 2. The lowest BCUT2D eigenvalue weighted by Gasteiger charge is -2.28. The number of nitrogens with one attached hydrogen (secondary N) is 1. The number of nitrogens with zero attached hydrogens (tertiary/aromatic N) is 1. The molecule has 0 saturated heterocycles. The molecular weight excluding hydrogens is 244 g/mol. The molecule has 1 aromatic rings. The fraction of sp³-hybridized carbons (Fsp3) is 0.667. The Balaban J connectivity index is 2.13. The van der Waals surface area contributed by atoms with E-state index >= 15 is 0 Å². The van der Waals surface area contributed by atoms with Crippen LogP contribution in [0.5, 0.6) is 0 Å². The fourth-order valence-electron chi connectivity index (χ4n) is 3.21. The van der Waals surface area contributed by atoms with Crippen LogP contribution in [0.1, 0.15) is 45.2 Å². The van der Waals surface area contributed by atoms with Gasteiger partial charge in [0.15, 0.2) is 0 Å². The highest BCUT2D eigenvalue weighted by molar-refractivity contribution is 5.56. The Morgan fingerprint density at radius 2 is 1.80 bits per heavy atom. The Hall–Kier alpha value is -1.02. The smallest absolute Gasteiger partial charge is 0.0375 e. The fourth-order valence-corrected chi connectivity index (χ4v) is 3.21. The van der Waals surface area contributed by atoms with Crippen molar-refractivity contribution < 1.29 is 0 Å². The minimum absolute atomic E-state index is 0.728. The van der Waals surface area contributed by atoms with Crippen molar-refractivity contribution in [3.8, 4) is 0 Å². The first-order valence-corrected chi connectivity index (χ1v) is 8.13. The van der Waals surface area contributed by atoms with Crippen LogP contribution in [0.2, 0.25) is 0 Å². The SMILES string of the molecule is CC(C)CN(Cc1cccc2c1CCCN2)CC(C)C. The van der Waals surface area contributed by atoms with Crippen LogP contribution in [0.3, 0.4) is 0 Å². The molecular formula is C18H30N2. The zero-order valence-electron chi connectivity index (χ0n) is 13.6. The second-order valence-electron chi connectivity index (χ2n) is 6.96. The van der Waals surface area contributed by atoms with Gasteiger partial charge in [-0.05, 0) is 41.9 Å². The molecule has 2 heteroatoms. The van der Waals surface area contributed by atoms with Crippen molar-refractivity contribution >= 4 is 5.69 Å². The van der Waals surface area contributed by atoms with Crippen LogP contribution in [0.25, 0.3) is 0 Å². The van der Waals surface area contributed by atoms with E-state index < -0.39 is 0 Å². The third-order valence-electron chi connectivity index (χ3n) is 3.83. The van der Waals surface area contributed by atoms with Gasteiger partial charge in [-0.2, -0.15) is 0 Å². The molecule has 0 fully saturated rings. The van der Waals surface area contributed by atoms with E-state index in [1.807, 2.05) is 0 Å². The molecule has 0 spiro atoms. The second-order valence-corrected chi connectivity index (χ2v) is 6.96. The van der Waals surface area contributed by atoms with Crippen molar-refractivity contribution in [2.45, 2.75) is 47.1 Å². The quantitative estimate of drug-likeness (QED) is 0.838. The first-order chi connectivity index (χ1) is 9.56. The Kier molecular flexibility index (Phi) is 5.47. The van der Waals surface area contributed by atoms with Crippen LogP contribution in [-0.4, -0.2) is 24.5 Å². The van der Waals surface area contributed by atoms with Gasteiger partial charge in [0.05, 0.1) is 0 Å². The molecule has 0 saturated carbocycles. The van der Waals surface area contributed by atoms with Crippen LogP contribution in [0.4, 0.5) is 5.69 Å². The van der Waals surface area contributed by atoms with E-state index in [1.165, 1.54) is 37.2 Å². The lowest BCUT2D eigenvalue weighted by atomic mass is 9.97. The van der Waals surface area contributed by atoms with Crippen molar-refractivity contribution in [2.75, 3.05) is 25.0 Å². The number of anilines is 1. The van der Waals surface area contributed by atoms with Gasteiger partial charge in [-0.3, -0.25) is 4.90 Å². The molecule has 2 rings (SSSR count). The Bertz CT molecular complexity index is 413. The standard InChI is InChI=1S/C18H30N2/c1-14(2)11-20(12-15(3)4)13-16-7-5-9-18-17(16)8-6-10-19-18/h5,7,9,14-15,19H,6,8,10-13H2,1-4H3. The lowest BCUT2D eigenvalue weighted by molar-refractivity contribution is 0.211. The molecule has 20 heavy (non-hydrogen) atoms. The highest BCUT2D eigenvalue weighted by Gasteiger charge is 2.16. The van der Waals surface area contributed by atoms with E-state index in [9.17, 15) is 0 Å². The van der Waals surface area contributed by atoms with Crippen molar-refractivity contribution in [1.82, 2.24) is 4.90 Å². The van der Waals surface area contributed by atoms with Crippen LogP contribution < -0.4 is 5.32 Å². The van der Waals surface area contributed by atoms with Crippen molar-refractivity contribution in [2.24, 2.45) is 11.8 Å². The van der Waals surface area contributed by atoms with Gasteiger partial charge >= 0.3 is 0 Å². The molecule has 1 aromatic carbocycles. The highest BCUT2D eigenvalue weighted by atomic mass is 15.1. The molecule has 2 nitrogen and oxygen atoms in total. The summed E-state index contributed by atoms with van der Waals surface area (Å²) in [5, 5.41) is 3.54. The van der Waals surface area contributed by atoms with Gasteiger partial charge in [0, 0.05) is 31.9 Å². The third-order valence-corrected chi connectivity index (χ3v) is 3.83. The minimum Gasteiger partial charge on any atom is -0.385 e. The Morgan fingerprint density at radius 3 is 2.45 bits per heavy atom. The molecule has 0 amide bonds. The summed E-state index contributed by atoms with van der Waals surface area (Å²) in [4.78, 5) is 2.62. The number of hydrogen-bond donors (Lipinski definition) is 1. The van der Waals surface area contributed by atoms with Gasteiger partial charge in [0.1, 0.15) is 0 Å². The summed E-state index contributed by atoms with van der Waals surface area (Å²) in [5.41, 5.74) is 4.44. The average Bonchev–Trinajstić information content (AvgIpc) is 2.37. The van der Waals surface area contributed by atoms with Crippen LogP contribution in [0.15, 0.2) is 18.2 Å². The minimum atomic E-state index is 0.728.